The molecule has 0 radical (unpaired) electrons. The second-order valence-corrected chi connectivity index (χ2v) is 5.96. The molecule has 0 amide bonds. The smallest absolute Gasteiger partial charge is 0.179 e. The molecule has 1 atom stereocenters. The maximum Gasteiger partial charge on any atom is 0.179 e. The molecule has 1 aliphatic rings. The zero-order chi connectivity index (χ0) is 11.2. The SMILES string of the molecule is CC(=O)c1cccc2c1C(C)CS2(=O)=O. The number of hydrogen-bond donors (Lipinski definition) is 0. The summed E-state index contributed by atoms with van der Waals surface area (Å²) < 4.78 is 23.5. The van der Waals surface area contributed by atoms with Gasteiger partial charge in [0, 0.05) is 5.56 Å². The van der Waals surface area contributed by atoms with E-state index >= 15 is 0 Å². The van der Waals surface area contributed by atoms with Gasteiger partial charge in [-0.05, 0) is 24.5 Å². The van der Waals surface area contributed by atoms with Crippen molar-refractivity contribution in [2.75, 3.05) is 5.75 Å². The lowest BCUT2D eigenvalue weighted by atomic mass is 9.95. The number of carbonyl (C=O) groups is 1. The molecule has 1 aliphatic heterocycles. The Morgan fingerprint density at radius 3 is 2.67 bits per heavy atom. The average Bonchev–Trinajstić information content (AvgIpc) is 2.37. The standard InChI is InChI=1S/C11H12O3S/c1-7-6-15(13,14)10-5-3-4-9(8(2)12)11(7)10/h3-5,7H,6H2,1-2H3. The summed E-state index contributed by atoms with van der Waals surface area (Å²) in [6, 6.07) is 4.91. The molecule has 0 spiro atoms. The third-order valence-electron chi connectivity index (χ3n) is 2.74. The van der Waals surface area contributed by atoms with E-state index in [1.165, 1.54) is 6.92 Å². The van der Waals surface area contributed by atoms with Crippen molar-refractivity contribution in [3.63, 3.8) is 0 Å². The van der Waals surface area contributed by atoms with Gasteiger partial charge in [0.1, 0.15) is 0 Å². The van der Waals surface area contributed by atoms with E-state index in [-0.39, 0.29) is 17.5 Å². The molecule has 0 aromatic heterocycles. The van der Waals surface area contributed by atoms with Crippen molar-refractivity contribution >= 4 is 15.6 Å². The van der Waals surface area contributed by atoms with Crippen LogP contribution in [0.3, 0.4) is 0 Å². The maximum atomic E-state index is 11.7. The van der Waals surface area contributed by atoms with Gasteiger partial charge in [0.05, 0.1) is 10.6 Å². The van der Waals surface area contributed by atoms with Crippen LogP contribution in [-0.2, 0) is 9.84 Å². The van der Waals surface area contributed by atoms with Crippen LogP contribution in [-0.4, -0.2) is 20.0 Å². The molecule has 0 N–H and O–H groups in total. The van der Waals surface area contributed by atoms with Crippen LogP contribution in [0, 0.1) is 0 Å². The normalized spacial score (nSPS) is 22.4. The second kappa shape index (κ2) is 3.17. The third kappa shape index (κ3) is 1.49. The first-order chi connectivity index (χ1) is 6.93. The highest BCUT2D eigenvalue weighted by Gasteiger charge is 2.34. The highest BCUT2D eigenvalue weighted by molar-refractivity contribution is 7.91. The predicted molar refractivity (Wildman–Crippen MR) is 56.9 cm³/mol. The van der Waals surface area contributed by atoms with E-state index in [2.05, 4.69) is 0 Å². The van der Waals surface area contributed by atoms with Crippen LogP contribution in [0.25, 0.3) is 0 Å². The van der Waals surface area contributed by atoms with Gasteiger partial charge < -0.3 is 0 Å². The minimum Gasteiger partial charge on any atom is -0.295 e. The molecule has 0 fully saturated rings. The number of fused-ring (bicyclic) bond motifs is 1. The van der Waals surface area contributed by atoms with Gasteiger partial charge >= 0.3 is 0 Å². The van der Waals surface area contributed by atoms with Crippen molar-refractivity contribution in [3.8, 4) is 0 Å². The van der Waals surface area contributed by atoms with Crippen molar-refractivity contribution in [2.45, 2.75) is 24.7 Å². The zero-order valence-corrected chi connectivity index (χ0v) is 9.47. The Kier molecular flexibility index (Phi) is 2.19. The average molecular weight is 224 g/mol. The minimum atomic E-state index is -3.16. The lowest BCUT2D eigenvalue weighted by Gasteiger charge is -2.07. The van der Waals surface area contributed by atoms with Crippen molar-refractivity contribution in [1.29, 1.82) is 0 Å². The van der Waals surface area contributed by atoms with Crippen molar-refractivity contribution in [1.82, 2.24) is 0 Å². The summed E-state index contributed by atoms with van der Waals surface area (Å²) in [7, 11) is -3.16. The van der Waals surface area contributed by atoms with E-state index in [1.807, 2.05) is 6.92 Å². The van der Waals surface area contributed by atoms with Gasteiger partial charge in [-0.25, -0.2) is 8.42 Å². The fourth-order valence-electron chi connectivity index (χ4n) is 2.13. The molecule has 4 heteroatoms. The molecule has 0 saturated carbocycles. The second-order valence-electron chi connectivity index (χ2n) is 3.96. The Morgan fingerprint density at radius 1 is 1.40 bits per heavy atom. The van der Waals surface area contributed by atoms with Gasteiger partial charge in [-0.3, -0.25) is 4.79 Å². The molecule has 0 bridgehead atoms. The number of Topliss-reactive ketones (excluding diaryl/α,β-unsaturated/α-hetero) is 1. The molecule has 15 heavy (non-hydrogen) atoms. The number of sulfone groups is 1. The Balaban J connectivity index is 2.79. The highest BCUT2D eigenvalue weighted by Crippen LogP contribution is 2.36. The first-order valence-electron chi connectivity index (χ1n) is 4.80. The molecule has 3 nitrogen and oxygen atoms in total. The number of ketones is 1. The molecule has 1 unspecified atom stereocenters. The monoisotopic (exact) mass is 224 g/mol. The molecule has 1 heterocycles. The largest absolute Gasteiger partial charge is 0.295 e. The maximum absolute atomic E-state index is 11.7. The lowest BCUT2D eigenvalue weighted by molar-refractivity contribution is 0.101. The van der Waals surface area contributed by atoms with E-state index in [0.717, 1.165) is 0 Å². The molecule has 2 rings (SSSR count). The third-order valence-corrected chi connectivity index (χ3v) is 4.71. The van der Waals surface area contributed by atoms with E-state index in [1.54, 1.807) is 18.2 Å². The van der Waals surface area contributed by atoms with Crippen LogP contribution in [0.15, 0.2) is 23.1 Å². The molecule has 1 aromatic rings. The Labute approximate surface area is 89.0 Å². The Morgan fingerprint density at radius 2 is 2.07 bits per heavy atom. The fourth-order valence-corrected chi connectivity index (χ4v) is 4.07. The van der Waals surface area contributed by atoms with Gasteiger partial charge in [-0.2, -0.15) is 0 Å². The molecular weight excluding hydrogens is 212 g/mol. The Bertz CT molecular complexity index is 529. The van der Waals surface area contributed by atoms with Gasteiger partial charge in [-0.15, -0.1) is 0 Å². The molecule has 0 saturated heterocycles. The number of carbonyl (C=O) groups excluding carboxylic acids is 1. The van der Waals surface area contributed by atoms with Gasteiger partial charge in [-0.1, -0.05) is 19.1 Å². The quantitative estimate of drug-likeness (QED) is 0.683. The topological polar surface area (TPSA) is 51.2 Å². The van der Waals surface area contributed by atoms with Crippen LogP contribution in [0.5, 0.6) is 0 Å². The van der Waals surface area contributed by atoms with E-state index in [9.17, 15) is 13.2 Å². The first-order valence-corrected chi connectivity index (χ1v) is 6.45. The zero-order valence-electron chi connectivity index (χ0n) is 8.65. The summed E-state index contributed by atoms with van der Waals surface area (Å²) in [5.74, 6) is -0.0343. The summed E-state index contributed by atoms with van der Waals surface area (Å²) in [5, 5.41) is 0. The van der Waals surface area contributed by atoms with Crippen LogP contribution in [0.1, 0.15) is 35.7 Å². The van der Waals surface area contributed by atoms with Crippen LogP contribution in [0.2, 0.25) is 0 Å². The molecule has 1 aromatic carbocycles. The molecule has 80 valence electrons. The van der Waals surface area contributed by atoms with Crippen molar-refractivity contribution < 1.29 is 13.2 Å². The van der Waals surface area contributed by atoms with Crippen LogP contribution >= 0.6 is 0 Å². The number of benzene rings is 1. The number of hydrogen-bond acceptors (Lipinski definition) is 3. The Hall–Kier alpha value is -1.16. The summed E-state index contributed by atoms with van der Waals surface area (Å²) in [6.07, 6.45) is 0. The van der Waals surface area contributed by atoms with E-state index in [0.29, 0.717) is 16.0 Å². The van der Waals surface area contributed by atoms with E-state index < -0.39 is 9.84 Å². The van der Waals surface area contributed by atoms with E-state index in [4.69, 9.17) is 0 Å². The van der Waals surface area contributed by atoms with Gasteiger partial charge in [0.2, 0.25) is 0 Å². The predicted octanol–water partition coefficient (Wildman–Crippen LogP) is 1.78. The summed E-state index contributed by atoms with van der Waals surface area (Å²) in [4.78, 5) is 11.7. The highest BCUT2D eigenvalue weighted by atomic mass is 32.2. The summed E-state index contributed by atoms with van der Waals surface area (Å²) >= 11 is 0. The summed E-state index contributed by atoms with van der Waals surface area (Å²) in [6.45, 7) is 3.31. The van der Waals surface area contributed by atoms with Gasteiger partial charge in [0.25, 0.3) is 0 Å². The minimum absolute atomic E-state index is 0.0733. The van der Waals surface area contributed by atoms with Crippen LogP contribution < -0.4 is 0 Å². The molecular formula is C11H12O3S. The fraction of sp³-hybridized carbons (Fsp3) is 0.364. The number of rotatable bonds is 1. The van der Waals surface area contributed by atoms with Crippen molar-refractivity contribution in [3.05, 3.63) is 29.3 Å². The summed E-state index contributed by atoms with van der Waals surface area (Å²) in [5.41, 5.74) is 1.24. The van der Waals surface area contributed by atoms with Crippen LogP contribution in [0.4, 0.5) is 0 Å². The van der Waals surface area contributed by atoms with Crippen molar-refractivity contribution in [2.24, 2.45) is 0 Å². The van der Waals surface area contributed by atoms with Gasteiger partial charge in [0.15, 0.2) is 15.6 Å². The first kappa shape index (κ1) is 10.4. The molecule has 0 aliphatic carbocycles. The lowest BCUT2D eigenvalue weighted by Crippen LogP contribution is -2.01.